The third-order valence-corrected chi connectivity index (χ3v) is 5.17. The monoisotopic (exact) mass is 369 g/mol. The molecule has 0 atom stereocenters. The molecule has 0 aliphatic heterocycles. The summed E-state index contributed by atoms with van der Waals surface area (Å²) in [7, 11) is -2.76. The Morgan fingerprint density at radius 2 is 1.88 bits per heavy atom. The summed E-state index contributed by atoms with van der Waals surface area (Å²) in [5.41, 5.74) is 0.255. The molecule has 0 radical (unpaired) electrons. The van der Waals surface area contributed by atoms with Crippen LogP contribution in [-0.4, -0.2) is 54.3 Å². The van der Waals surface area contributed by atoms with Crippen molar-refractivity contribution in [2.45, 2.75) is 25.4 Å². The first-order valence-electron chi connectivity index (χ1n) is 7.76. The van der Waals surface area contributed by atoms with E-state index >= 15 is 0 Å². The first kappa shape index (κ1) is 18.8. The Kier molecular flexibility index (Phi) is 5.73. The van der Waals surface area contributed by atoms with Gasteiger partial charge in [0.05, 0.1) is 5.69 Å². The van der Waals surface area contributed by atoms with E-state index in [9.17, 15) is 17.6 Å². The molecule has 1 amide bonds. The molecule has 1 aromatic carbocycles. The number of nitrogens with zero attached hydrogens (tertiary/aromatic N) is 5. The summed E-state index contributed by atoms with van der Waals surface area (Å²) < 4.78 is 40.0. The average Bonchev–Trinajstić information content (AvgIpc) is 3.10. The first-order valence-corrected chi connectivity index (χ1v) is 9.20. The van der Waals surface area contributed by atoms with E-state index in [1.165, 1.54) is 24.1 Å². The summed E-state index contributed by atoms with van der Waals surface area (Å²) in [6.45, 7) is 4.77. The van der Waals surface area contributed by atoms with Crippen molar-refractivity contribution in [3.63, 3.8) is 0 Å². The standard InChI is InChI=1S/C15H20FN5O3S/c1-4-10-20(5-2)15(22)21-11-17-14(18-21)25(23,24)19(3)13-8-6-12(16)7-9-13/h6-9,11H,4-5,10H2,1-3H3. The van der Waals surface area contributed by atoms with Crippen molar-refractivity contribution in [1.29, 1.82) is 0 Å². The largest absolute Gasteiger partial charge is 0.346 e. The van der Waals surface area contributed by atoms with E-state index in [0.717, 1.165) is 33.9 Å². The van der Waals surface area contributed by atoms with Gasteiger partial charge in [0.15, 0.2) is 0 Å². The first-order chi connectivity index (χ1) is 11.8. The molecule has 0 N–H and O–H groups in total. The van der Waals surface area contributed by atoms with Crippen LogP contribution < -0.4 is 4.31 Å². The van der Waals surface area contributed by atoms with Gasteiger partial charge in [-0.3, -0.25) is 4.31 Å². The highest BCUT2D eigenvalue weighted by atomic mass is 32.2. The molecule has 136 valence electrons. The highest BCUT2D eigenvalue weighted by Crippen LogP contribution is 2.20. The molecule has 1 aromatic heterocycles. The molecular formula is C15H20FN5O3S. The van der Waals surface area contributed by atoms with Gasteiger partial charge in [0.25, 0.3) is 5.16 Å². The van der Waals surface area contributed by atoms with Crippen molar-refractivity contribution in [2.24, 2.45) is 0 Å². The second-order valence-corrected chi connectivity index (χ2v) is 7.15. The summed E-state index contributed by atoms with van der Waals surface area (Å²) in [5, 5.41) is 3.31. The molecule has 0 saturated carbocycles. The molecule has 0 saturated heterocycles. The summed E-state index contributed by atoms with van der Waals surface area (Å²) in [6.07, 6.45) is 1.85. The Morgan fingerprint density at radius 3 is 2.44 bits per heavy atom. The molecule has 0 bridgehead atoms. The highest BCUT2D eigenvalue weighted by Gasteiger charge is 2.27. The number of sulfonamides is 1. The van der Waals surface area contributed by atoms with E-state index in [0.29, 0.717) is 13.1 Å². The van der Waals surface area contributed by atoms with Gasteiger partial charge < -0.3 is 4.90 Å². The van der Waals surface area contributed by atoms with Crippen molar-refractivity contribution >= 4 is 21.7 Å². The van der Waals surface area contributed by atoms with E-state index in [2.05, 4.69) is 10.1 Å². The lowest BCUT2D eigenvalue weighted by Crippen LogP contribution is -2.35. The minimum absolute atomic E-state index is 0.255. The second kappa shape index (κ2) is 7.60. The molecule has 8 nitrogen and oxygen atoms in total. The molecule has 0 fully saturated rings. The smallest absolute Gasteiger partial charge is 0.323 e. The van der Waals surface area contributed by atoms with Gasteiger partial charge in [0, 0.05) is 20.1 Å². The Bertz CT molecular complexity index is 835. The van der Waals surface area contributed by atoms with Gasteiger partial charge >= 0.3 is 16.1 Å². The summed E-state index contributed by atoms with van der Waals surface area (Å²) in [6, 6.07) is 4.52. The van der Waals surface area contributed by atoms with Crippen LogP contribution in [0.5, 0.6) is 0 Å². The molecule has 1 heterocycles. The number of halogens is 1. The van der Waals surface area contributed by atoms with E-state index in [4.69, 9.17) is 0 Å². The predicted octanol–water partition coefficient (Wildman–Crippen LogP) is 1.94. The van der Waals surface area contributed by atoms with Crippen LogP contribution in [0.25, 0.3) is 0 Å². The van der Waals surface area contributed by atoms with Crippen LogP contribution in [0, 0.1) is 5.82 Å². The number of anilines is 1. The van der Waals surface area contributed by atoms with Crippen molar-refractivity contribution in [3.05, 3.63) is 36.4 Å². The molecule has 2 rings (SSSR count). The molecule has 0 spiro atoms. The number of hydrogen-bond acceptors (Lipinski definition) is 5. The minimum Gasteiger partial charge on any atom is -0.323 e. The van der Waals surface area contributed by atoms with Crippen molar-refractivity contribution in [1.82, 2.24) is 19.7 Å². The highest BCUT2D eigenvalue weighted by molar-refractivity contribution is 7.92. The van der Waals surface area contributed by atoms with Crippen molar-refractivity contribution in [2.75, 3.05) is 24.4 Å². The van der Waals surface area contributed by atoms with Gasteiger partial charge in [-0.2, -0.15) is 13.1 Å². The molecule has 2 aromatic rings. The van der Waals surface area contributed by atoms with Gasteiger partial charge in [0.2, 0.25) is 0 Å². The topological polar surface area (TPSA) is 88.4 Å². The molecule has 0 unspecified atom stereocenters. The average molecular weight is 369 g/mol. The van der Waals surface area contributed by atoms with Gasteiger partial charge in [-0.05, 0) is 37.6 Å². The predicted molar refractivity (Wildman–Crippen MR) is 90.3 cm³/mol. The van der Waals surface area contributed by atoms with E-state index < -0.39 is 27.0 Å². The van der Waals surface area contributed by atoms with Crippen molar-refractivity contribution < 1.29 is 17.6 Å². The van der Waals surface area contributed by atoms with E-state index in [-0.39, 0.29) is 5.69 Å². The zero-order valence-corrected chi connectivity index (χ0v) is 15.1. The lowest BCUT2D eigenvalue weighted by molar-refractivity contribution is 0.198. The number of aromatic nitrogens is 3. The SMILES string of the molecule is CCCN(CC)C(=O)n1cnc(S(=O)(=O)N(C)c2ccc(F)cc2)n1. The molecule has 0 aliphatic rings. The minimum atomic E-state index is -4.07. The third-order valence-electron chi connectivity index (χ3n) is 3.59. The number of carbonyl (C=O) groups is 1. The Hall–Kier alpha value is -2.49. The molecule has 10 heteroatoms. The number of hydrogen-bond donors (Lipinski definition) is 0. The van der Waals surface area contributed by atoms with E-state index in [1.807, 2.05) is 13.8 Å². The normalized spacial score (nSPS) is 11.4. The fourth-order valence-corrected chi connectivity index (χ4v) is 3.19. The van der Waals surface area contributed by atoms with E-state index in [1.54, 1.807) is 0 Å². The second-order valence-electron chi connectivity index (χ2n) is 5.28. The third kappa shape index (κ3) is 3.95. The summed E-state index contributed by atoms with van der Waals surface area (Å²) in [5.74, 6) is -0.474. The lowest BCUT2D eigenvalue weighted by atomic mass is 10.3. The van der Waals surface area contributed by atoms with Crippen LogP contribution in [0.3, 0.4) is 0 Å². The maximum absolute atomic E-state index is 13.0. The maximum Gasteiger partial charge on any atom is 0.346 e. The lowest BCUT2D eigenvalue weighted by Gasteiger charge is -2.19. The summed E-state index contributed by atoms with van der Waals surface area (Å²) in [4.78, 5) is 17.6. The number of amides is 1. The zero-order chi connectivity index (χ0) is 18.6. The number of rotatable bonds is 6. The van der Waals surface area contributed by atoms with Gasteiger partial charge in [-0.1, -0.05) is 6.92 Å². The fraction of sp³-hybridized carbons (Fsp3) is 0.400. The zero-order valence-electron chi connectivity index (χ0n) is 14.3. The maximum atomic E-state index is 13.0. The van der Waals surface area contributed by atoms with Gasteiger partial charge in [-0.15, -0.1) is 5.10 Å². The Balaban J connectivity index is 2.28. The van der Waals surface area contributed by atoms with Gasteiger partial charge in [-0.25, -0.2) is 14.2 Å². The van der Waals surface area contributed by atoms with Crippen LogP contribution in [0.2, 0.25) is 0 Å². The Morgan fingerprint density at radius 1 is 1.24 bits per heavy atom. The van der Waals surface area contributed by atoms with Crippen LogP contribution in [0.15, 0.2) is 35.7 Å². The van der Waals surface area contributed by atoms with Crippen LogP contribution in [0.4, 0.5) is 14.9 Å². The van der Waals surface area contributed by atoms with Crippen LogP contribution in [0.1, 0.15) is 20.3 Å². The molecule has 0 aliphatic carbocycles. The van der Waals surface area contributed by atoms with Crippen LogP contribution in [-0.2, 0) is 10.0 Å². The quantitative estimate of drug-likeness (QED) is 0.776. The van der Waals surface area contributed by atoms with Gasteiger partial charge in [0.1, 0.15) is 12.1 Å². The Labute approximate surface area is 145 Å². The summed E-state index contributed by atoms with van der Waals surface area (Å²) >= 11 is 0. The molecule has 25 heavy (non-hydrogen) atoms. The van der Waals surface area contributed by atoms with Crippen molar-refractivity contribution in [3.8, 4) is 0 Å². The fourth-order valence-electron chi connectivity index (χ4n) is 2.17. The van der Waals surface area contributed by atoms with Crippen LogP contribution >= 0.6 is 0 Å². The number of carbonyl (C=O) groups excluding carboxylic acids is 1. The number of benzene rings is 1. The molecular weight excluding hydrogens is 349 g/mol.